The van der Waals surface area contributed by atoms with Crippen molar-refractivity contribution < 1.29 is 52.7 Å². The second kappa shape index (κ2) is 21.9. The van der Waals surface area contributed by atoms with Crippen LogP contribution < -0.4 is 32.3 Å². The first-order valence-electron chi connectivity index (χ1n) is 19.4. The number of aromatic amines is 1. The molecule has 0 bridgehead atoms. The molecule has 0 aliphatic carbocycles. The molecule has 19 nitrogen and oxygen atoms in total. The second-order valence-electron chi connectivity index (χ2n) is 15.7. The molecule has 1 aromatic carbocycles. The normalized spacial score (nSPS) is 25.0. The average molecular weight is 863 g/mol. The lowest BCUT2D eigenvalue weighted by Crippen LogP contribution is -2.58. The van der Waals surface area contributed by atoms with Crippen LogP contribution in [0.3, 0.4) is 0 Å². The Balaban J connectivity index is 1.53. The number of carbonyl (C=O) groups is 8. The number of amides is 7. The smallest absolute Gasteiger partial charge is 0.305 e. The van der Waals surface area contributed by atoms with E-state index < -0.39 is 96.6 Å². The summed E-state index contributed by atoms with van der Waals surface area (Å²) in [4.78, 5) is 109. The van der Waals surface area contributed by atoms with Gasteiger partial charge in [-0.3, -0.25) is 38.4 Å². The van der Waals surface area contributed by atoms with Crippen LogP contribution in [0.25, 0.3) is 10.9 Å². The van der Waals surface area contributed by atoms with E-state index in [1.54, 1.807) is 0 Å². The lowest BCUT2D eigenvalue weighted by Gasteiger charge is -2.28. The van der Waals surface area contributed by atoms with E-state index in [4.69, 9.17) is 10.5 Å². The minimum atomic E-state index is -1.64. The summed E-state index contributed by atoms with van der Waals surface area (Å²) in [5.41, 5.74) is 7.44. The van der Waals surface area contributed by atoms with Crippen LogP contribution in [0.5, 0.6) is 0 Å². The molecule has 0 saturated carbocycles. The summed E-state index contributed by atoms with van der Waals surface area (Å²) in [7, 11) is 8.57. The maximum absolute atomic E-state index is 14.0. The average Bonchev–Trinajstić information content (AvgIpc) is 3.79. The maximum Gasteiger partial charge on any atom is 0.305 e. The molecule has 2 aliphatic heterocycles. The monoisotopic (exact) mass is 862 g/mol. The summed E-state index contributed by atoms with van der Waals surface area (Å²) >= 11 is 0. The molecule has 59 heavy (non-hydrogen) atoms. The van der Waals surface area contributed by atoms with Crippen molar-refractivity contribution in [2.75, 3.05) is 52.3 Å². The van der Waals surface area contributed by atoms with Crippen molar-refractivity contribution in [2.45, 2.75) is 88.4 Å². The number of quaternary nitrogens is 1. The standard InChI is InChI=1S/C38H55N9O10S2/c1-22-38(56)46-19-24(57-20-23-17-40-26-10-6-5-9-25(23)26)15-30(46)37(55)45-29(34(39)52)21-59-58-14-12-31(48)43-27(11-7-8-13-47(2,3)4)35(53)41-18-32(49)44-28(16-33(50)51)36(54)42-22/h5-6,9-10,17,22,24,27-30,40H,7-8,11-16,18-21H2,1-4H3,(H7-,39,41,42,43,44,45,48,49,50,51,52,53,54,55)/p+1/t22-,24?,27-,28?,29-,30-/m0/s1. The first-order chi connectivity index (χ1) is 27.9. The number of nitrogens with one attached hydrogen (secondary N) is 6. The number of para-hydroxylation sites is 1. The predicted molar refractivity (Wildman–Crippen MR) is 221 cm³/mol. The molecule has 21 heteroatoms. The van der Waals surface area contributed by atoms with Crippen LogP contribution in [0, 0.1) is 0 Å². The van der Waals surface area contributed by atoms with Crippen molar-refractivity contribution in [3.8, 4) is 0 Å². The van der Waals surface area contributed by atoms with E-state index in [0.717, 1.165) is 29.4 Å². The first kappa shape index (κ1) is 46.8. The van der Waals surface area contributed by atoms with Gasteiger partial charge in [0.05, 0.1) is 53.4 Å². The third kappa shape index (κ3) is 14.7. The van der Waals surface area contributed by atoms with Crippen LogP contribution in [0.1, 0.15) is 51.0 Å². The van der Waals surface area contributed by atoms with Crippen LogP contribution in [-0.4, -0.2) is 155 Å². The number of fused-ring (bicyclic) bond motifs is 2. The Morgan fingerprint density at radius 2 is 1.66 bits per heavy atom. The highest BCUT2D eigenvalue weighted by Gasteiger charge is 2.43. The topological polar surface area (TPSA) is 271 Å². The minimum absolute atomic E-state index is 0.0116. The number of carboxylic acids is 1. The summed E-state index contributed by atoms with van der Waals surface area (Å²) in [6, 6.07) is 1.42. The highest BCUT2D eigenvalue weighted by Crippen LogP contribution is 2.26. The fraction of sp³-hybridized carbons (Fsp3) is 0.579. The van der Waals surface area contributed by atoms with E-state index >= 15 is 0 Å². The Bertz CT molecular complexity index is 1850. The number of nitrogens with two attached hydrogens (primary N) is 1. The molecule has 2 unspecified atom stereocenters. The molecule has 0 spiro atoms. The number of ether oxygens (including phenoxy) is 1. The van der Waals surface area contributed by atoms with Gasteiger partial charge in [0.2, 0.25) is 41.4 Å². The van der Waals surface area contributed by atoms with Crippen LogP contribution in [0.2, 0.25) is 0 Å². The molecule has 2 fully saturated rings. The van der Waals surface area contributed by atoms with Crippen LogP contribution in [0.15, 0.2) is 30.5 Å². The first-order valence-corrected chi connectivity index (χ1v) is 21.9. The molecule has 9 N–H and O–H groups in total. The zero-order valence-electron chi connectivity index (χ0n) is 33.7. The number of primary amides is 1. The van der Waals surface area contributed by atoms with Gasteiger partial charge in [0.15, 0.2) is 0 Å². The number of H-pyrrole nitrogens is 1. The number of benzene rings is 1. The van der Waals surface area contributed by atoms with Crippen molar-refractivity contribution >= 4 is 79.8 Å². The molecule has 3 heterocycles. The summed E-state index contributed by atoms with van der Waals surface area (Å²) in [6.45, 7) is 1.65. The Morgan fingerprint density at radius 1 is 0.932 bits per heavy atom. The Morgan fingerprint density at radius 3 is 2.37 bits per heavy atom. The summed E-state index contributed by atoms with van der Waals surface area (Å²) in [5, 5.41) is 23.1. The molecular formula is C38H56N9O10S2+. The number of carboxylic acid groups (broad SMARTS) is 1. The molecule has 7 amide bonds. The van der Waals surface area contributed by atoms with Gasteiger partial charge in [-0.15, -0.1) is 0 Å². The van der Waals surface area contributed by atoms with E-state index in [0.29, 0.717) is 16.7 Å². The zero-order valence-corrected chi connectivity index (χ0v) is 35.4. The Kier molecular flexibility index (Phi) is 17.4. The van der Waals surface area contributed by atoms with Crippen LogP contribution in [0.4, 0.5) is 0 Å². The van der Waals surface area contributed by atoms with Crippen molar-refractivity contribution in [2.24, 2.45) is 5.73 Å². The van der Waals surface area contributed by atoms with Gasteiger partial charge in [-0.05, 0) is 32.3 Å². The number of aromatic nitrogens is 1. The van der Waals surface area contributed by atoms with E-state index in [1.807, 2.05) is 51.6 Å². The molecule has 1 aromatic heterocycles. The maximum atomic E-state index is 14.0. The number of hydrogen-bond donors (Lipinski definition) is 8. The number of hydrogen-bond acceptors (Lipinski definition) is 11. The molecule has 324 valence electrons. The molecule has 2 aromatic rings. The summed E-state index contributed by atoms with van der Waals surface area (Å²) in [6.07, 6.45) is 2.03. The number of unbranched alkanes of at least 4 members (excludes halogenated alkanes) is 1. The van der Waals surface area contributed by atoms with Gasteiger partial charge >= 0.3 is 5.97 Å². The van der Waals surface area contributed by atoms with Crippen molar-refractivity contribution in [1.82, 2.24) is 36.5 Å². The molecule has 4 rings (SSSR count). The molecular weight excluding hydrogens is 807 g/mol. The van der Waals surface area contributed by atoms with Crippen LogP contribution in [-0.2, 0) is 49.7 Å². The minimum Gasteiger partial charge on any atom is -0.481 e. The van der Waals surface area contributed by atoms with Crippen molar-refractivity contribution in [1.29, 1.82) is 0 Å². The Hall–Kier alpha value is -4.86. The number of aliphatic carboxylic acids is 1. The summed E-state index contributed by atoms with van der Waals surface area (Å²) < 4.78 is 6.90. The van der Waals surface area contributed by atoms with Gasteiger partial charge < -0.3 is 56.5 Å². The van der Waals surface area contributed by atoms with Gasteiger partial charge in [-0.1, -0.05) is 39.8 Å². The van der Waals surface area contributed by atoms with E-state index in [-0.39, 0.29) is 38.2 Å². The van der Waals surface area contributed by atoms with Gasteiger partial charge in [-0.2, -0.15) is 0 Å². The van der Waals surface area contributed by atoms with Crippen molar-refractivity contribution in [3.05, 3.63) is 36.0 Å². The molecule has 0 radical (unpaired) electrons. The van der Waals surface area contributed by atoms with Crippen molar-refractivity contribution in [3.63, 3.8) is 0 Å². The van der Waals surface area contributed by atoms with Gasteiger partial charge in [-0.25, -0.2) is 0 Å². The quantitative estimate of drug-likeness (QED) is 0.0796. The third-order valence-corrected chi connectivity index (χ3v) is 12.2. The highest BCUT2D eigenvalue weighted by molar-refractivity contribution is 8.76. The number of rotatable bonds is 11. The SMILES string of the molecule is C[C@@H]1NC(=O)C(CC(=O)O)NC(=O)CNC(=O)[C@H](CCCC[N+](C)(C)C)NC(=O)CCSSC[C@@H](C(N)=O)NC(=O)[C@@H]2CC(OCc3c[nH]c4ccccc34)CN2C1=O. The lowest BCUT2D eigenvalue weighted by molar-refractivity contribution is -0.870. The highest BCUT2D eigenvalue weighted by atomic mass is 33.1. The third-order valence-electron chi connectivity index (χ3n) is 9.79. The van der Waals surface area contributed by atoms with E-state index in [2.05, 4.69) is 31.6 Å². The van der Waals surface area contributed by atoms with E-state index in [1.165, 1.54) is 33.4 Å². The Labute approximate surface area is 350 Å². The van der Waals surface area contributed by atoms with E-state index in [9.17, 15) is 43.5 Å². The lowest BCUT2D eigenvalue weighted by atomic mass is 10.1. The predicted octanol–water partition coefficient (Wildman–Crippen LogP) is -0.649. The van der Waals surface area contributed by atoms with Gasteiger partial charge in [0.25, 0.3) is 0 Å². The summed E-state index contributed by atoms with van der Waals surface area (Å²) in [5.74, 6) is -6.22. The fourth-order valence-electron chi connectivity index (χ4n) is 6.66. The van der Waals surface area contributed by atoms with Gasteiger partial charge in [0, 0.05) is 53.6 Å². The molecule has 6 atom stereocenters. The largest absolute Gasteiger partial charge is 0.481 e. The second-order valence-corrected chi connectivity index (χ2v) is 18.3. The number of carbonyl (C=O) groups excluding carboxylic acids is 7. The van der Waals surface area contributed by atoms with Crippen LogP contribution >= 0.6 is 21.6 Å². The molecule has 2 aliphatic rings. The number of nitrogens with zero attached hydrogens (tertiary/aromatic N) is 2. The molecule has 2 saturated heterocycles. The fourth-order valence-corrected chi connectivity index (χ4v) is 8.82. The zero-order chi connectivity index (χ0) is 43.3. The van der Waals surface area contributed by atoms with Gasteiger partial charge in [0.1, 0.15) is 30.2 Å².